The van der Waals surface area contributed by atoms with Crippen molar-refractivity contribution in [2.75, 3.05) is 13.1 Å². The van der Waals surface area contributed by atoms with Crippen LogP contribution in [0.25, 0.3) is 5.70 Å². The summed E-state index contributed by atoms with van der Waals surface area (Å²) in [6.07, 6.45) is 4.16. The molecule has 0 aromatic heterocycles. The number of likely N-dealkylation sites (tertiary alicyclic amines) is 1. The number of carbonyl (C=O) groups excluding carboxylic acids is 1. The predicted octanol–water partition coefficient (Wildman–Crippen LogP) is 3.28. The molecule has 0 amide bonds. The Morgan fingerprint density at radius 3 is 2.59 bits per heavy atom. The third-order valence-corrected chi connectivity index (χ3v) is 4.34. The first kappa shape index (κ1) is 14.8. The van der Waals surface area contributed by atoms with Gasteiger partial charge in [0, 0.05) is 24.0 Å². The Labute approximate surface area is 129 Å². The second-order valence-electron chi connectivity index (χ2n) is 5.85. The Bertz CT molecular complexity index is 614. The number of piperidine rings is 1. The van der Waals surface area contributed by atoms with E-state index in [1.165, 1.54) is 5.56 Å². The van der Waals surface area contributed by atoms with E-state index in [9.17, 15) is 9.32 Å². The van der Waals surface area contributed by atoms with E-state index < -0.39 is 5.97 Å². The van der Waals surface area contributed by atoms with Crippen molar-refractivity contribution in [2.45, 2.75) is 26.2 Å². The van der Waals surface area contributed by atoms with Crippen molar-refractivity contribution in [1.82, 2.24) is 4.90 Å². The van der Waals surface area contributed by atoms with Crippen LogP contribution in [0.3, 0.4) is 0 Å². The van der Waals surface area contributed by atoms with Crippen LogP contribution in [0.1, 0.15) is 30.4 Å². The molecule has 2 aliphatic rings. The number of carbonyl (C=O) groups is 1. The maximum Gasteiger partial charge on any atom is 0.351 e. The molecule has 22 heavy (non-hydrogen) atoms. The molecule has 2 aliphatic heterocycles. The summed E-state index contributed by atoms with van der Waals surface area (Å²) in [6, 6.07) is 8.32. The number of halogens is 1. The summed E-state index contributed by atoms with van der Waals surface area (Å²) in [6.45, 7) is 3.50. The molecule has 2 heterocycles. The molecule has 4 nitrogen and oxygen atoms in total. The Balaban J connectivity index is 1.62. The molecule has 0 atom stereocenters. The van der Waals surface area contributed by atoms with Gasteiger partial charge in [0.1, 0.15) is 5.84 Å². The van der Waals surface area contributed by atoms with Crippen LogP contribution >= 0.6 is 0 Å². The van der Waals surface area contributed by atoms with Gasteiger partial charge in [-0.15, -0.1) is 0 Å². The van der Waals surface area contributed by atoms with Gasteiger partial charge in [-0.25, -0.2) is 9.79 Å². The monoisotopic (exact) mass is 302 g/mol. The van der Waals surface area contributed by atoms with Gasteiger partial charge in [0.2, 0.25) is 0 Å². The zero-order valence-electron chi connectivity index (χ0n) is 12.6. The van der Waals surface area contributed by atoms with Crippen molar-refractivity contribution >= 4 is 17.5 Å². The zero-order chi connectivity index (χ0) is 15.5. The van der Waals surface area contributed by atoms with E-state index in [-0.39, 0.29) is 5.92 Å². The molecule has 1 saturated heterocycles. The summed E-state index contributed by atoms with van der Waals surface area (Å²) in [5.41, 5.74) is 3.35. The average Bonchev–Trinajstić information content (AvgIpc) is 3.05. The Morgan fingerprint density at radius 2 is 1.95 bits per heavy atom. The molecule has 0 aliphatic carbocycles. The van der Waals surface area contributed by atoms with Gasteiger partial charge < -0.3 is 4.90 Å². The third-order valence-electron chi connectivity index (χ3n) is 4.34. The number of hydrogen-bond acceptors (Lipinski definition) is 4. The van der Waals surface area contributed by atoms with Crippen LogP contribution in [0.4, 0.5) is 4.53 Å². The molecule has 0 bridgehead atoms. The highest BCUT2D eigenvalue weighted by molar-refractivity contribution is 5.94. The van der Waals surface area contributed by atoms with Crippen molar-refractivity contribution in [2.24, 2.45) is 10.9 Å². The van der Waals surface area contributed by atoms with E-state index in [0.717, 1.165) is 23.5 Å². The van der Waals surface area contributed by atoms with Crippen LogP contribution < -0.4 is 0 Å². The van der Waals surface area contributed by atoms with Crippen molar-refractivity contribution in [3.8, 4) is 0 Å². The summed E-state index contributed by atoms with van der Waals surface area (Å²) < 4.78 is 11.9. The molecular weight excluding hydrogens is 283 g/mol. The van der Waals surface area contributed by atoms with Crippen LogP contribution in [0, 0.1) is 12.8 Å². The molecule has 0 unspecified atom stereocenters. The van der Waals surface area contributed by atoms with Crippen LogP contribution in [-0.2, 0) is 9.74 Å². The lowest BCUT2D eigenvalue weighted by atomic mass is 9.97. The number of aliphatic imine (C=N–C) groups is 1. The molecule has 1 aromatic carbocycles. The molecule has 1 aromatic rings. The lowest BCUT2D eigenvalue weighted by Gasteiger charge is -2.31. The minimum absolute atomic E-state index is 0.326. The number of hydrogen-bond donors (Lipinski definition) is 0. The summed E-state index contributed by atoms with van der Waals surface area (Å²) in [7, 11) is 0. The number of rotatable bonds is 2. The normalized spacial score (nSPS) is 18.9. The van der Waals surface area contributed by atoms with E-state index in [4.69, 9.17) is 4.99 Å². The molecule has 3 rings (SSSR count). The van der Waals surface area contributed by atoms with Crippen LogP contribution in [0.2, 0.25) is 0 Å². The van der Waals surface area contributed by atoms with E-state index in [1.807, 2.05) is 0 Å². The van der Waals surface area contributed by atoms with Gasteiger partial charge in [-0.2, -0.15) is 0 Å². The number of amidine groups is 1. The fraction of sp³-hybridized carbons (Fsp3) is 0.412. The molecule has 1 fully saturated rings. The minimum Gasteiger partial charge on any atom is -0.360 e. The van der Waals surface area contributed by atoms with Gasteiger partial charge in [0.25, 0.3) is 0 Å². The zero-order valence-corrected chi connectivity index (χ0v) is 12.6. The van der Waals surface area contributed by atoms with E-state index in [0.29, 0.717) is 25.9 Å². The van der Waals surface area contributed by atoms with E-state index in [1.54, 1.807) is 0 Å². The van der Waals surface area contributed by atoms with Crippen LogP contribution in [-0.4, -0.2) is 29.8 Å². The molecular formula is C17H19FN2O2. The number of aryl methyl sites for hydroxylation is 1. The van der Waals surface area contributed by atoms with E-state index in [2.05, 4.69) is 47.1 Å². The van der Waals surface area contributed by atoms with Crippen molar-refractivity contribution < 1.29 is 14.3 Å². The second-order valence-corrected chi connectivity index (χ2v) is 5.85. The Morgan fingerprint density at radius 1 is 1.27 bits per heavy atom. The first-order valence-corrected chi connectivity index (χ1v) is 7.59. The Hall–Kier alpha value is -2.17. The molecule has 0 saturated carbocycles. The highest BCUT2D eigenvalue weighted by atomic mass is 19.3. The maximum atomic E-state index is 11.9. The van der Waals surface area contributed by atoms with Crippen molar-refractivity contribution in [1.29, 1.82) is 0 Å². The fourth-order valence-electron chi connectivity index (χ4n) is 2.96. The molecule has 0 radical (unpaired) electrons. The second kappa shape index (κ2) is 6.30. The summed E-state index contributed by atoms with van der Waals surface area (Å²) in [4.78, 5) is 21.4. The third kappa shape index (κ3) is 3.03. The van der Waals surface area contributed by atoms with Gasteiger partial charge >= 0.3 is 5.97 Å². The molecule has 116 valence electrons. The van der Waals surface area contributed by atoms with E-state index >= 15 is 0 Å². The molecule has 5 heteroatoms. The summed E-state index contributed by atoms with van der Waals surface area (Å²) in [5, 5.41) is 0. The maximum absolute atomic E-state index is 11.9. The van der Waals surface area contributed by atoms with Gasteiger partial charge in [-0.05, 0) is 25.3 Å². The molecule has 0 spiro atoms. The minimum atomic E-state index is -0.744. The van der Waals surface area contributed by atoms with Gasteiger partial charge in [0.05, 0.1) is 11.6 Å². The lowest BCUT2D eigenvalue weighted by molar-refractivity contribution is -0.190. The SMILES string of the molecule is Cc1ccc(C2=CCC(N3CCC(C(=O)OF)CC3)=N2)cc1. The molecule has 0 N–H and O–H groups in total. The van der Waals surface area contributed by atoms with Crippen LogP contribution in [0.15, 0.2) is 35.3 Å². The quantitative estimate of drug-likeness (QED) is 0.842. The largest absolute Gasteiger partial charge is 0.360 e. The predicted molar refractivity (Wildman–Crippen MR) is 82.7 cm³/mol. The van der Waals surface area contributed by atoms with Crippen molar-refractivity contribution in [3.05, 3.63) is 41.5 Å². The highest BCUT2D eigenvalue weighted by Crippen LogP contribution is 2.26. The number of benzene rings is 1. The van der Waals surface area contributed by atoms with Crippen LogP contribution in [0.5, 0.6) is 0 Å². The first-order valence-electron chi connectivity index (χ1n) is 7.59. The van der Waals surface area contributed by atoms with Gasteiger partial charge in [0.15, 0.2) is 0 Å². The lowest BCUT2D eigenvalue weighted by Crippen LogP contribution is -2.39. The average molecular weight is 302 g/mol. The summed E-state index contributed by atoms with van der Waals surface area (Å²) in [5.74, 6) is -0.0399. The van der Waals surface area contributed by atoms with Gasteiger partial charge in [-0.1, -0.05) is 35.9 Å². The first-order chi connectivity index (χ1) is 10.7. The highest BCUT2D eigenvalue weighted by Gasteiger charge is 2.29. The summed E-state index contributed by atoms with van der Waals surface area (Å²) >= 11 is 0. The Kier molecular flexibility index (Phi) is 4.22. The van der Waals surface area contributed by atoms with Gasteiger partial charge in [-0.3, -0.25) is 4.94 Å². The fourth-order valence-corrected chi connectivity index (χ4v) is 2.96. The van der Waals surface area contributed by atoms with Crippen molar-refractivity contribution in [3.63, 3.8) is 0 Å². The standard InChI is InChI=1S/C17H19FN2O2/c1-12-2-4-13(5-3-12)15-6-7-16(19-15)20-10-8-14(9-11-20)17(21)22-18/h2-6,14H,7-11H2,1H3. The smallest absolute Gasteiger partial charge is 0.351 e. The number of nitrogens with zero attached hydrogens (tertiary/aromatic N) is 2. The topological polar surface area (TPSA) is 41.9 Å².